The molecule has 1 aromatic heterocycles. The lowest BCUT2D eigenvalue weighted by atomic mass is 9.94. The van der Waals surface area contributed by atoms with Crippen molar-refractivity contribution in [2.24, 2.45) is 0 Å². The molecule has 0 saturated carbocycles. The highest BCUT2D eigenvalue weighted by Gasteiger charge is 2.32. The Labute approximate surface area is 133 Å². The van der Waals surface area contributed by atoms with E-state index < -0.39 is 5.82 Å². The van der Waals surface area contributed by atoms with E-state index in [2.05, 4.69) is 10.3 Å². The van der Waals surface area contributed by atoms with Crippen LogP contribution in [0.5, 0.6) is 0 Å². The summed E-state index contributed by atoms with van der Waals surface area (Å²) in [4.78, 5) is 4.08. The molecule has 0 radical (unpaired) electrons. The van der Waals surface area contributed by atoms with E-state index in [-0.39, 0.29) is 11.1 Å². The number of aromatic nitrogens is 1. The predicted octanol–water partition coefficient (Wildman–Crippen LogP) is 3.63. The minimum atomic E-state index is -0.390. The van der Waals surface area contributed by atoms with Gasteiger partial charge >= 0.3 is 0 Å². The number of ether oxygens (including phenoxy) is 2. The lowest BCUT2D eigenvalue weighted by molar-refractivity contribution is -0.0807. The summed E-state index contributed by atoms with van der Waals surface area (Å²) in [6.45, 7) is 1.84. The van der Waals surface area contributed by atoms with Gasteiger partial charge in [0.05, 0.1) is 16.3 Å². The number of hydrogen-bond acceptors (Lipinski definition) is 4. The van der Waals surface area contributed by atoms with E-state index in [1.807, 2.05) is 0 Å². The fourth-order valence-electron chi connectivity index (χ4n) is 2.74. The van der Waals surface area contributed by atoms with Crippen LogP contribution in [0.1, 0.15) is 12.8 Å². The second-order valence-corrected chi connectivity index (χ2v) is 5.88. The van der Waals surface area contributed by atoms with Gasteiger partial charge in [0, 0.05) is 51.3 Å². The van der Waals surface area contributed by atoms with Crippen molar-refractivity contribution in [1.82, 2.24) is 4.98 Å². The number of hydrogen-bond donors (Lipinski definition) is 1. The molecule has 118 valence electrons. The highest BCUT2D eigenvalue weighted by Crippen LogP contribution is 2.30. The van der Waals surface area contributed by atoms with Gasteiger partial charge in [-0.15, -0.1) is 0 Å². The van der Waals surface area contributed by atoms with E-state index >= 15 is 0 Å². The van der Waals surface area contributed by atoms with Crippen LogP contribution in [0.3, 0.4) is 0 Å². The molecule has 1 aromatic carbocycles. The lowest BCUT2D eigenvalue weighted by Crippen LogP contribution is -2.44. The first-order valence-corrected chi connectivity index (χ1v) is 7.62. The van der Waals surface area contributed by atoms with E-state index in [9.17, 15) is 4.39 Å². The molecule has 1 fully saturated rings. The third-order valence-corrected chi connectivity index (χ3v) is 4.57. The van der Waals surface area contributed by atoms with Gasteiger partial charge in [-0.05, 0) is 18.2 Å². The number of benzene rings is 1. The zero-order chi connectivity index (χ0) is 15.6. The van der Waals surface area contributed by atoms with Gasteiger partial charge in [0.1, 0.15) is 5.52 Å². The summed E-state index contributed by atoms with van der Waals surface area (Å²) < 4.78 is 25.6. The van der Waals surface area contributed by atoms with Crippen molar-refractivity contribution in [2.45, 2.75) is 18.4 Å². The molecule has 1 saturated heterocycles. The summed E-state index contributed by atoms with van der Waals surface area (Å²) in [6.07, 6.45) is 3.08. The van der Waals surface area contributed by atoms with Gasteiger partial charge in [-0.25, -0.2) is 4.39 Å². The Kier molecular flexibility index (Phi) is 4.47. The highest BCUT2D eigenvalue weighted by atomic mass is 35.5. The smallest absolute Gasteiger partial charge is 0.172 e. The summed E-state index contributed by atoms with van der Waals surface area (Å²) in [7, 11) is 1.69. The van der Waals surface area contributed by atoms with Crippen molar-refractivity contribution in [3.8, 4) is 0 Å². The van der Waals surface area contributed by atoms with Crippen LogP contribution >= 0.6 is 11.6 Å². The molecule has 0 bridgehead atoms. The number of rotatable bonds is 4. The molecule has 0 atom stereocenters. The number of nitrogens with one attached hydrogen (secondary N) is 1. The summed E-state index contributed by atoms with van der Waals surface area (Å²) in [5.41, 5.74) is 0.364. The molecule has 1 N–H and O–H groups in total. The lowest BCUT2D eigenvalue weighted by Gasteiger charge is -2.36. The number of fused-ring (bicyclic) bond motifs is 1. The second kappa shape index (κ2) is 6.36. The Hall–Kier alpha value is -1.43. The van der Waals surface area contributed by atoms with Gasteiger partial charge in [0.15, 0.2) is 5.82 Å². The Morgan fingerprint density at radius 1 is 1.36 bits per heavy atom. The molecule has 3 rings (SSSR count). The van der Waals surface area contributed by atoms with Gasteiger partial charge in [-0.2, -0.15) is 0 Å². The van der Waals surface area contributed by atoms with Crippen LogP contribution in [0.4, 0.5) is 10.1 Å². The fraction of sp³-hybridized carbons (Fsp3) is 0.438. The quantitative estimate of drug-likeness (QED) is 0.932. The van der Waals surface area contributed by atoms with Crippen molar-refractivity contribution in [3.63, 3.8) is 0 Å². The molecule has 0 spiro atoms. The van der Waals surface area contributed by atoms with Crippen LogP contribution in [-0.4, -0.2) is 37.5 Å². The Balaban J connectivity index is 1.83. The largest absolute Gasteiger partial charge is 0.381 e. The molecule has 0 aliphatic carbocycles. The monoisotopic (exact) mass is 324 g/mol. The third kappa shape index (κ3) is 2.89. The standard InChI is InChI=1S/C16H18ClFN2O2/c1-21-16(5-8-22-9-6-16)10-20-13-3-2-11-12(17)4-7-19-15(11)14(13)18/h2-4,7,20H,5-6,8-10H2,1H3. The van der Waals surface area contributed by atoms with Gasteiger partial charge in [0.25, 0.3) is 0 Å². The zero-order valence-corrected chi connectivity index (χ0v) is 13.1. The number of pyridine rings is 1. The highest BCUT2D eigenvalue weighted by molar-refractivity contribution is 6.35. The van der Waals surface area contributed by atoms with Gasteiger partial charge in [-0.1, -0.05) is 11.6 Å². The number of anilines is 1. The van der Waals surface area contributed by atoms with Crippen LogP contribution in [0, 0.1) is 5.82 Å². The minimum Gasteiger partial charge on any atom is -0.381 e. The maximum atomic E-state index is 14.6. The maximum Gasteiger partial charge on any atom is 0.172 e. The number of methoxy groups -OCH3 is 1. The molecule has 0 unspecified atom stereocenters. The van der Waals surface area contributed by atoms with E-state index in [1.165, 1.54) is 6.20 Å². The second-order valence-electron chi connectivity index (χ2n) is 5.47. The summed E-state index contributed by atoms with van der Waals surface area (Å²) >= 11 is 6.06. The van der Waals surface area contributed by atoms with Crippen molar-refractivity contribution < 1.29 is 13.9 Å². The maximum absolute atomic E-state index is 14.6. The van der Waals surface area contributed by atoms with Crippen molar-refractivity contribution in [3.05, 3.63) is 35.2 Å². The van der Waals surface area contributed by atoms with Gasteiger partial charge in [-0.3, -0.25) is 4.98 Å². The average molecular weight is 325 g/mol. The van der Waals surface area contributed by atoms with E-state index in [4.69, 9.17) is 21.1 Å². The van der Waals surface area contributed by atoms with Crippen LogP contribution in [0.2, 0.25) is 5.02 Å². The Bertz CT molecular complexity index is 674. The first-order valence-electron chi connectivity index (χ1n) is 7.25. The molecule has 6 heteroatoms. The van der Waals surface area contributed by atoms with Crippen molar-refractivity contribution in [2.75, 3.05) is 32.2 Å². The molecule has 0 amide bonds. The summed E-state index contributed by atoms with van der Waals surface area (Å²) in [6, 6.07) is 5.12. The molecule has 1 aliphatic rings. The van der Waals surface area contributed by atoms with Crippen LogP contribution < -0.4 is 5.32 Å². The third-order valence-electron chi connectivity index (χ3n) is 4.24. The van der Waals surface area contributed by atoms with E-state index in [0.29, 0.717) is 35.9 Å². The Morgan fingerprint density at radius 3 is 2.86 bits per heavy atom. The van der Waals surface area contributed by atoms with E-state index in [0.717, 1.165) is 12.8 Å². The molecule has 4 nitrogen and oxygen atoms in total. The molecule has 1 aliphatic heterocycles. The van der Waals surface area contributed by atoms with Crippen molar-refractivity contribution >= 4 is 28.2 Å². The van der Waals surface area contributed by atoms with Crippen LogP contribution in [0.15, 0.2) is 24.4 Å². The number of halogens is 2. The first-order chi connectivity index (χ1) is 10.7. The van der Waals surface area contributed by atoms with Crippen LogP contribution in [-0.2, 0) is 9.47 Å². The number of nitrogens with zero attached hydrogens (tertiary/aromatic N) is 1. The van der Waals surface area contributed by atoms with Crippen LogP contribution in [0.25, 0.3) is 10.9 Å². The zero-order valence-electron chi connectivity index (χ0n) is 12.4. The first kappa shape index (κ1) is 15.5. The summed E-state index contributed by atoms with van der Waals surface area (Å²) in [5, 5.41) is 4.25. The molecule has 2 aromatic rings. The Morgan fingerprint density at radius 2 is 2.14 bits per heavy atom. The average Bonchev–Trinajstić information content (AvgIpc) is 2.56. The molecule has 2 heterocycles. The van der Waals surface area contributed by atoms with Gasteiger partial charge < -0.3 is 14.8 Å². The minimum absolute atomic E-state index is 0.274. The van der Waals surface area contributed by atoms with Gasteiger partial charge in [0.2, 0.25) is 0 Å². The molecule has 22 heavy (non-hydrogen) atoms. The summed E-state index contributed by atoms with van der Waals surface area (Å²) in [5.74, 6) is -0.390. The van der Waals surface area contributed by atoms with Crippen molar-refractivity contribution in [1.29, 1.82) is 0 Å². The fourth-order valence-corrected chi connectivity index (χ4v) is 2.95. The topological polar surface area (TPSA) is 43.4 Å². The molecular formula is C16H18ClFN2O2. The molecular weight excluding hydrogens is 307 g/mol. The normalized spacial score (nSPS) is 17.6. The van der Waals surface area contributed by atoms with E-state index in [1.54, 1.807) is 25.3 Å². The SMILES string of the molecule is COC1(CNc2ccc3c(Cl)ccnc3c2F)CCOCC1. The predicted molar refractivity (Wildman–Crippen MR) is 85.0 cm³/mol.